The number of hydrogen-bond acceptors (Lipinski definition) is 5. The maximum atomic E-state index is 12.9. The first-order chi connectivity index (χ1) is 17.4. The molecule has 2 heterocycles. The van der Waals surface area contributed by atoms with Gasteiger partial charge in [0, 0.05) is 53.6 Å². The third-order valence-electron chi connectivity index (χ3n) is 6.43. The zero-order valence-electron chi connectivity index (χ0n) is 19.4. The third-order valence-corrected chi connectivity index (χ3v) is 6.43. The molecule has 3 aromatic carbocycles. The van der Waals surface area contributed by atoms with E-state index in [1.165, 1.54) is 6.07 Å². The van der Waals surface area contributed by atoms with Crippen molar-refractivity contribution < 1.29 is 24.5 Å². The molecule has 1 aliphatic carbocycles. The summed E-state index contributed by atoms with van der Waals surface area (Å²) < 4.78 is 7.68. The maximum absolute atomic E-state index is 12.9. The van der Waals surface area contributed by atoms with Crippen molar-refractivity contribution in [3.8, 4) is 28.4 Å². The lowest BCUT2D eigenvalue weighted by Gasteiger charge is -2.09. The number of aryl methyl sites for hydroxylation is 1. The fourth-order valence-electron chi connectivity index (χ4n) is 4.56. The van der Waals surface area contributed by atoms with E-state index in [0.717, 1.165) is 46.5 Å². The number of carbonyl (C=O) groups is 2. The zero-order valence-corrected chi connectivity index (χ0v) is 19.4. The van der Waals surface area contributed by atoms with E-state index < -0.39 is 5.78 Å². The summed E-state index contributed by atoms with van der Waals surface area (Å²) in [6.45, 7) is 0. The van der Waals surface area contributed by atoms with Gasteiger partial charge in [-0.15, -0.1) is 0 Å². The van der Waals surface area contributed by atoms with Gasteiger partial charge in [0.25, 0.3) is 0 Å². The number of hydrogen-bond donors (Lipinski definition) is 4. The van der Waals surface area contributed by atoms with Crippen molar-refractivity contribution >= 4 is 34.5 Å². The Hall–Kier alpha value is -4.72. The van der Waals surface area contributed by atoms with E-state index in [0.29, 0.717) is 5.69 Å². The number of amides is 2. The molecule has 36 heavy (non-hydrogen) atoms. The predicted molar refractivity (Wildman–Crippen MR) is 136 cm³/mol. The lowest BCUT2D eigenvalue weighted by molar-refractivity contribution is 0.101. The summed E-state index contributed by atoms with van der Waals surface area (Å²) in [4.78, 5) is 25.0. The molecule has 1 fully saturated rings. The molecule has 0 unspecified atom stereocenters. The van der Waals surface area contributed by atoms with Crippen LogP contribution in [0, 0.1) is 0 Å². The first kappa shape index (κ1) is 21.8. The largest absolute Gasteiger partial charge is 0.508 e. The second-order valence-electron chi connectivity index (χ2n) is 9.12. The van der Waals surface area contributed by atoms with Crippen molar-refractivity contribution in [1.29, 1.82) is 0 Å². The third kappa shape index (κ3) is 3.82. The Bertz CT molecular complexity index is 1580. The van der Waals surface area contributed by atoms with E-state index in [-0.39, 0.29) is 40.6 Å². The van der Waals surface area contributed by atoms with E-state index in [9.17, 15) is 19.8 Å². The van der Waals surface area contributed by atoms with Gasteiger partial charge in [0.05, 0.1) is 0 Å². The summed E-state index contributed by atoms with van der Waals surface area (Å²) in [6.07, 6.45) is 5.62. The number of Topliss-reactive ketones (excluding diaryl/α,β-unsaturated/α-hetero) is 1. The smallest absolute Gasteiger partial charge is 0.319 e. The highest BCUT2D eigenvalue weighted by molar-refractivity contribution is 6.17. The van der Waals surface area contributed by atoms with Crippen molar-refractivity contribution in [3.63, 3.8) is 0 Å². The molecule has 4 N–H and O–H groups in total. The summed E-state index contributed by atoms with van der Waals surface area (Å²) >= 11 is 0. The van der Waals surface area contributed by atoms with Crippen LogP contribution in [0.25, 0.3) is 28.1 Å². The van der Waals surface area contributed by atoms with E-state index in [1.807, 2.05) is 60.3 Å². The molecule has 4 aromatic rings. The van der Waals surface area contributed by atoms with Crippen molar-refractivity contribution in [2.24, 2.45) is 7.05 Å². The number of allylic oxidation sites excluding steroid dienone is 1. The topological polar surface area (TPSA) is 113 Å². The Morgan fingerprint density at radius 3 is 2.64 bits per heavy atom. The molecule has 2 aliphatic rings. The fourth-order valence-corrected chi connectivity index (χ4v) is 4.56. The van der Waals surface area contributed by atoms with Crippen LogP contribution in [0.2, 0.25) is 0 Å². The summed E-state index contributed by atoms with van der Waals surface area (Å²) in [5.41, 5.74) is 4.38. The number of nitrogens with one attached hydrogen (secondary N) is 2. The number of aromatic nitrogens is 1. The second kappa shape index (κ2) is 8.20. The maximum Gasteiger partial charge on any atom is 0.319 e. The lowest BCUT2D eigenvalue weighted by atomic mass is 9.98. The predicted octanol–water partition coefficient (Wildman–Crippen LogP) is 5.16. The number of urea groups is 1. The average molecular weight is 482 g/mol. The Balaban J connectivity index is 1.36. The Morgan fingerprint density at radius 1 is 1.11 bits per heavy atom. The molecule has 1 aromatic heterocycles. The lowest BCUT2D eigenvalue weighted by Crippen LogP contribution is -2.30. The molecule has 0 saturated heterocycles. The summed E-state index contributed by atoms with van der Waals surface area (Å²) in [5.74, 6) is -0.767. The first-order valence-corrected chi connectivity index (χ1v) is 11.6. The zero-order chi connectivity index (χ0) is 25.0. The van der Waals surface area contributed by atoms with Crippen molar-refractivity contribution in [3.05, 3.63) is 77.7 Å². The number of anilines is 1. The number of nitrogens with zero attached hydrogens (tertiary/aromatic N) is 1. The van der Waals surface area contributed by atoms with Gasteiger partial charge in [-0.25, -0.2) is 4.79 Å². The first-order valence-electron chi connectivity index (χ1n) is 11.6. The van der Waals surface area contributed by atoms with Gasteiger partial charge >= 0.3 is 6.03 Å². The highest BCUT2D eigenvalue weighted by Gasteiger charge is 2.31. The SMILES string of the molecule is Cn1cc(C=C2Oc3cc(O)cc(O)c3C2=O)c2c(-c3ccc(NC(=O)NC4CC4)cc3)cccc21. The van der Waals surface area contributed by atoms with Crippen LogP contribution < -0.4 is 15.4 Å². The number of phenols is 2. The van der Waals surface area contributed by atoms with Gasteiger partial charge in [-0.3, -0.25) is 4.79 Å². The second-order valence-corrected chi connectivity index (χ2v) is 9.12. The van der Waals surface area contributed by atoms with Crippen LogP contribution in [0.15, 0.2) is 66.6 Å². The highest BCUT2D eigenvalue weighted by Crippen LogP contribution is 2.41. The van der Waals surface area contributed by atoms with Gasteiger partial charge in [-0.2, -0.15) is 0 Å². The van der Waals surface area contributed by atoms with Crippen LogP contribution in [0.3, 0.4) is 0 Å². The summed E-state index contributed by atoms with van der Waals surface area (Å²) in [7, 11) is 1.93. The molecule has 8 nitrogen and oxygen atoms in total. The quantitative estimate of drug-likeness (QED) is 0.301. The number of ketones is 1. The molecule has 0 atom stereocenters. The number of benzene rings is 3. The molecule has 0 radical (unpaired) electrons. The van der Waals surface area contributed by atoms with E-state index >= 15 is 0 Å². The highest BCUT2D eigenvalue weighted by atomic mass is 16.5. The molecule has 1 saturated carbocycles. The minimum absolute atomic E-state index is 0.0355. The van der Waals surface area contributed by atoms with E-state index in [1.54, 1.807) is 6.08 Å². The van der Waals surface area contributed by atoms with Gasteiger partial charge in [0.1, 0.15) is 22.8 Å². The fraction of sp³-hybridized carbons (Fsp3) is 0.143. The van der Waals surface area contributed by atoms with Crippen molar-refractivity contribution in [1.82, 2.24) is 9.88 Å². The Labute approximate surface area is 206 Å². The number of rotatable bonds is 4. The van der Waals surface area contributed by atoms with Gasteiger partial charge in [0.2, 0.25) is 5.78 Å². The normalized spacial score (nSPS) is 15.7. The van der Waals surface area contributed by atoms with E-state index in [4.69, 9.17) is 4.74 Å². The van der Waals surface area contributed by atoms with Gasteiger partial charge in [-0.05, 0) is 48.2 Å². The molecule has 2 amide bonds. The monoisotopic (exact) mass is 481 g/mol. The average Bonchev–Trinajstić information content (AvgIpc) is 3.52. The van der Waals surface area contributed by atoms with Crippen molar-refractivity contribution in [2.75, 3.05) is 5.32 Å². The van der Waals surface area contributed by atoms with Gasteiger partial charge < -0.3 is 30.2 Å². The minimum atomic E-state index is -0.447. The van der Waals surface area contributed by atoms with Crippen LogP contribution in [-0.4, -0.2) is 32.6 Å². The van der Waals surface area contributed by atoms with Crippen molar-refractivity contribution in [2.45, 2.75) is 18.9 Å². The molecule has 1 aliphatic heterocycles. The standard InChI is InChI=1S/C28H23N3O5/c1-31-14-16(11-24-27(34)26-22(33)12-19(32)13-23(26)36-24)25-20(3-2-4-21(25)31)15-5-7-17(8-6-15)29-28(35)30-18-9-10-18/h2-8,11-14,18,32-33H,9-10H2,1H3,(H2,29,30,35). The number of fused-ring (bicyclic) bond motifs is 2. The number of phenolic OH excluding ortho intramolecular Hbond substituents is 2. The summed E-state index contributed by atoms with van der Waals surface area (Å²) in [5, 5.41) is 26.6. The molecule has 180 valence electrons. The molecule has 8 heteroatoms. The van der Waals surface area contributed by atoms with Gasteiger partial charge in [-0.1, -0.05) is 24.3 Å². The molecular weight excluding hydrogens is 458 g/mol. The molecule has 0 bridgehead atoms. The van der Waals surface area contributed by atoms with Crippen LogP contribution in [-0.2, 0) is 7.05 Å². The molecule has 0 spiro atoms. The van der Waals surface area contributed by atoms with Crippen LogP contribution in [0.4, 0.5) is 10.5 Å². The van der Waals surface area contributed by atoms with Gasteiger partial charge in [0.15, 0.2) is 5.76 Å². The number of carbonyl (C=O) groups excluding carboxylic acids is 2. The Kier molecular flexibility index (Phi) is 4.96. The molecular formula is C28H23N3O5. The van der Waals surface area contributed by atoms with E-state index in [2.05, 4.69) is 10.6 Å². The van der Waals surface area contributed by atoms with Crippen LogP contribution in [0.1, 0.15) is 28.8 Å². The Morgan fingerprint density at radius 2 is 1.89 bits per heavy atom. The van der Waals surface area contributed by atoms with Crippen LogP contribution in [0.5, 0.6) is 17.2 Å². The number of ether oxygens (including phenoxy) is 1. The number of aromatic hydroxyl groups is 2. The minimum Gasteiger partial charge on any atom is -0.508 e. The van der Waals surface area contributed by atoms with Crippen LogP contribution >= 0.6 is 0 Å². The molecule has 6 rings (SSSR count). The summed E-state index contributed by atoms with van der Waals surface area (Å²) in [6, 6.07) is 16.1.